The summed E-state index contributed by atoms with van der Waals surface area (Å²) in [7, 11) is 3.99. The summed E-state index contributed by atoms with van der Waals surface area (Å²) < 4.78 is 15.3. The number of benzene rings is 1. The maximum Gasteiger partial charge on any atom is 0.320 e. The monoisotopic (exact) mass is 330 g/mol. The van der Waals surface area contributed by atoms with Crippen molar-refractivity contribution in [2.75, 3.05) is 21.3 Å². The van der Waals surface area contributed by atoms with E-state index in [1.54, 1.807) is 12.1 Å². The van der Waals surface area contributed by atoms with Gasteiger partial charge in [-0.15, -0.1) is 0 Å². The molecule has 0 fully saturated rings. The summed E-state index contributed by atoms with van der Waals surface area (Å²) in [5.74, 6) is -1.66. The minimum Gasteiger partial charge on any atom is -0.496 e. The molecule has 0 amide bonds. The summed E-state index contributed by atoms with van der Waals surface area (Å²) in [5, 5.41) is 0. The van der Waals surface area contributed by atoms with Crippen LogP contribution in [0.5, 0.6) is 5.75 Å². The Balaban J connectivity index is 3.05. The molecule has 0 saturated carbocycles. The summed E-state index contributed by atoms with van der Waals surface area (Å²) in [6.07, 6.45) is 0.155. The molecule has 0 aliphatic carbocycles. The SMILES string of the molecule is COC(=O)C(Cc1cc(Br)ccc1OC)C(=O)OC. The number of hydrogen-bond acceptors (Lipinski definition) is 5. The molecule has 5 nitrogen and oxygen atoms in total. The zero-order valence-corrected chi connectivity index (χ0v) is 12.5. The molecule has 0 aromatic heterocycles. The Labute approximate surface area is 120 Å². The van der Waals surface area contributed by atoms with Crippen LogP contribution in [0.25, 0.3) is 0 Å². The van der Waals surface area contributed by atoms with Crippen LogP contribution in [0.15, 0.2) is 22.7 Å². The average Bonchev–Trinajstić information content (AvgIpc) is 2.43. The summed E-state index contributed by atoms with van der Waals surface area (Å²) in [6, 6.07) is 5.36. The fourth-order valence-electron chi connectivity index (χ4n) is 1.67. The van der Waals surface area contributed by atoms with Crippen molar-refractivity contribution in [3.8, 4) is 5.75 Å². The van der Waals surface area contributed by atoms with Gasteiger partial charge in [0.1, 0.15) is 5.75 Å². The number of carbonyl (C=O) groups excluding carboxylic acids is 2. The van der Waals surface area contributed by atoms with Gasteiger partial charge in [0.15, 0.2) is 5.92 Å². The van der Waals surface area contributed by atoms with Crippen molar-refractivity contribution in [2.45, 2.75) is 6.42 Å². The number of esters is 2. The number of ether oxygens (including phenoxy) is 3. The molecule has 0 saturated heterocycles. The first-order valence-electron chi connectivity index (χ1n) is 5.51. The highest BCUT2D eigenvalue weighted by Gasteiger charge is 2.29. The molecule has 6 heteroatoms. The molecule has 0 spiro atoms. The third kappa shape index (κ3) is 3.96. The van der Waals surface area contributed by atoms with Crippen molar-refractivity contribution < 1.29 is 23.8 Å². The van der Waals surface area contributed by atoms with Crippen LogP contribution >= 0.6 is 15.9 Å². The van der Waals surface area contributed by atoms with E-state index >= 15 is 0 Å². The van der Waals surface area contributed by atoms with E-state index in [2.05, 4.69) is 25.4 Å². The normalized spacial score (nSPS) is 10.2. The van der Waals surface area contributed by atoms with E-state index in [-0.39, 0.29) is 6.42 Å². The highest BCUT2D eigenvalue weighted by atomic mass is 79.9. The van der Waals surface area contributed by atoms with E-state index in [1.807, 2.05) is 6.07 Å². The predicted molar refractivity (Wildman–Crippen MR) is 71.9 cm³/mol. The van der Waals surface area contributed by atoms with Gasteiger partial charge in [0.25, 0.3) is 0 Å². The quantitative estimate of drug-likeness (QED) is 0.610. The lowest BCUT2D eigenvalue weighted by molar-refractivity contribution is -0.158. The van der Waals surface area contributed by atoms with Gasteiger partial charge >= 0.3 is 11.9 Å². The smallest absolute Gasteiger partial charge is 0.320 e. The van der Waals surface area contributed by atoms with Gasteiger partial charge in [-0.25, -0.2) is 0 Å². The lowest BCUT2D eigenvalue weighted by Gasteiger charge is -2.14. The molecule has 1 aromatic carbocycles. The van der Waals surface area contributed by atoms with Gasteiger partial charge < -0.3 is 14.2 Å². The number of halogens is 1. The van der Waals surface area contributed by atoms with Crippen LogP contribution in [0.1, 0.15) is 5.56 Å². The Morgan fingerprint density at radius 1 is 1.16 bits per heavy atom. The van der Waals surface area contributed by atoms with Crippen molar-refractivity contribution in [3.05, 3.63) is 28.2 Å². The van der Waals surface area contributed by atoms with E-state index < -0.39 is 17.9 Å². The maximum absolute atomic E-state index is 11.6. The molecule has 0 unspecified atom stereocenters. The third-order valence-corrected chi connectivity index (χ3v) is 3.13. The van der Waals surface area contributed by atoms with Gasteiger partial charge in [0, 0.05) is 10.9 Å². The molecule has 0 radical (unpaired) electrons. The minimum atomic E-state index is -1.00. The first-order valence-corrected chi connectivity index (χ1v) is 6.30. The first-order chi connectivity index (χ1) is 9.03. The minimum absolute atomic E-state index is 0.155. The van der Waals surface area contributed by atoms with E-state index in [0.29, 0.717) is 5.75 Å². The largest absolute Gasteiger partial charge is 0.496 e. The molecule has 19 heavy (non-hydrogen) atoms. The Kier molecular flexibility index (Phi) is 5.82. The highest BCUT2D eigenvalue weighted by molar-refractivity contribution is 9.10. The van der Waals surface area contributed by atoms with Crippen molar-refractivity contribution in [2.24, 2.45) is 5.92 Å². The van der Waals surface area contributed by atoms with Crippen LogP contribution in [0.4, 0.5) is 0 Å². The van der Waals surface area contributed by atoms with Crippen LogP contribution < -0.4 is 4.74 Å². The Bertz CT molecular complexity index is 456. The van der Waals surface area contributed by atoms with E-state index in [4.69, 9.17) is 4.74 Å². The zero-order chi connectivity index (χ0) is 14.4. The highest BCUT2D eigenvalue weighted by Crippen LogP contribution is 2.26. The second-order valence-corrected chi connectivity index (χ2v) is 4.67. The van der Waals surface area contributed by atoms with Crippen molar-refractivity contribution >= 4 is 27.9 Å². The van der Waals surface area contributed by atoms with Crippen molar-refractivity contribution in [3.63, 3.8) is 0 Å². The Hall–Kier alpha value is -1.56. The molecule has 0 bridgehead atoms. The van der Waals surface area contributed by atoms with E-state index in [1.165, 1.54) is 21.3 Å². The molecule has 0 aliphatic heterocycles. The Morgan fingerprint density at radius 3 is 2.21 bits per heavy atom. The predicted octanol–water partition coefficient (Wildman–Crippen LogP) is 1.96. The van der Waals surface area contributed by atoms with Crippen LogP contribution in [-0.2, 0) is 25.5 Å². The topological polar surface area (TPSA) is 61.8 Å². The van der Waals surface area contributed by atoms with Gasteiger partial charge in [-0.3, -0.25) is 9.59 Å². The number of hydrogen-bond donors (Lipinski definition) is 0. The molecular formula is C13H15BrO5. The van der Waals surface area contributed by atoms with Gasteiger partial charge in [-0.05, 0) is 23.8 Å². The molecular weight excluding hydrogens is 316 g/mol. The molecule has 0 atom stereocenters. The standard InChI is InChI=1S/C13H15BrO5/c1-17-11-5-4-9(14)6-8(11)7-10(12(15)18-2)13(16)19-3/h4-6,10H,7H2,1-3H3. The van der Waals surface area contributed by atoms with Crippen LogP contribution in [-0.4, -0.2) is 33.3 Å². The second-order valence-electron chi connectivity index (χ2n) is 3.76. The molecule has 1 rings (SSSR count). The van der Waals surface area contributed by atoms with Crippen molar-refractivity contribution in [1.82, 2.24) is 0 Å². The molecule has 0 N–H and O–H groups in total. The van der Waals surface area contributed by atoms with Gasteiger partial charge in [0.05, 0.1) is 21.3 Å². The summed E-state index contributed by atoms with van der Waals surface area (Å²) in [4.78, 5) is 23.3. The maximum atomic E-state index is 11.6. The first kappa shape index (κ1) is 15.5. The van der Waals surface area contributed by atoms with E-state index in [9.17, 15) is 9.59 Å². The molecule has 1 aromatic rings. The van der Waals surface area contributed by atoms with Crippen molar-refractivity contribution in [1.29, 1.82) is 0 Å². The molecule has 104 valence electrons. The average molecular weight is 331 g/mol. The van der Waals surface area contributed by atoms with Crippen LogP contribution in [0.2, 0.25) is 0 Å². The van der Waals surface area contributed by atoms with Gasteiger partial charge in [0.2, 0.25) is 0 Å². The lowest BCUT2D eigenvalue weighted by Crippen LogP contribution is -2.28. The Morgan fingerprint density at radius 2 is 1.74 bits per heavy atom. The van der Waals surface area contributed by atoms with Gasteiger partial charge in [-0.2, -0.15) is 0 Å². The lowest BCUT2D eigenvalue weighted by atomic mass is 9.99. The van der Waals surface area contributed by atoms with Gasteiger partial charge in [-0.1, -0.05) is 15.9 Å². The number of methoxy groups -OCH3 is 3. The van der Waals surface area contributed by atoms with Crippen LogP contribution in [0, 0.1) is 5.92 Å². The van der Waals surface area contributed by atoms with E-state index in [0.717, 1.165) is 10.0 Å². The fourth-order valence-corrected chi connectivity index (χ4v) is 2.08. The second kappa shape index (κ2) is 7.13. The third-order valence-electron chi connectivity index (χ3n) is 2.64. The fraction of sp³-hybridized carbons (Fsp3) is 0.385. The summed E-state index contributed by atoms with van der Waals surface area (Å²) in [6.45, 7) is 0. The zero-order valence-electron chi connectivity index (χ0n) is 10.9. The summed E-state index contributed by atoms with van der Waals surface area (Å²) in [5.41, 5.74) is 0.720. The summed E-state index contributed by atoms with van der Waals surface area (Å²) >= 11 is 3.34. The van der Waals surface area contributed by atoms with Crippen LogP contribution in [0.3, 0.4) is 0 Å². The molecule has 0 heterocycles. The number of carbonyl (C=O) groups is 2. The number of rotatable bonds is 5. The molecule has 0 aliphatic rings.